The molecule has 1 saturated heterocycles. The van der Waals surface area contributed by atoms with Crippen molar-refractivity contribution in [3.05, 3.63) is 58.3 Å². The number of nitrogens with zero attached hydrogens (tertiary/aromatic N) is 1. The summed E-state index contributed by atoms with van der Waals surface area (Å²) in [6.45, 7) is 2.28. The molecule has 2 amide bonds. The van der Waals surface area contributed by atoms with Gasteiger partial charge in [0.2, 0.25) is 5.91 Å². The zero-order valence-corrected chi connectivity index (χ0v) is 16.1. The molecule has 2 aromatic rings. The Morgan fingerprint density at radius 2 is 2.00 bits per heavy atom. The number of hydrogen-bond acceptors (Lipinski definition) is 5. The Hall–Kier alpha value is -2.55. The van der Waals surface area contributed by atoms with Gasteiger partial charge in [-0.05, 0) is 47.9 Å². The van der Waals surface area contributed by atoms with Crippen LogP contribution in [0.1, 0.15) is 15.2 Å². The van der Waals surface area contributed by atoms with E-state index in [1.807, 2.05) is 17.5 Å². The smallest absolute Gasteiger partial charge is 0.254 e. The number of carbonyl (C=O) groups is 2. The Balaban J connectivity index is 1.56. The molecule has 0 aliphatic carbocycles. The lowest BCUT2D eigenvalue weighted by Gasteiger charge is -2.27. The van der Waals surface area contributed by atoms with Gasteiger partial charge in [0, 0.05) is 35.3 Å². The van der Waals surface area contributed by atoms with Crippen LogP contribution in [0.5, 0.6) is 0 Å². The topological polar surface area (TPSA) is 70.7 Å². The molecule has 0 saturated carbocycles. The molecule has 1 aliphatic rings. The van der Waals surface area contributed by atoms with E-state index < -0.39 is 0 Å². The third kappa shape index (κ3) is 5.72. The van der Waals surface area contributed by atoms with Crippen LogP contribution in [0.4, 0.5) is 5.69 Å². The van der Waals surface area contributed by atoms with Gasteiger partial charge in [0.1, 0.15) is 0 Å². The lowest BCUT2D eigenvalue weighted by atomic mass is 10.1. The monoisotopic (exact) mass is 401 g/mol. The summed E-state index contributed by atoms with van der Waals surface area (Å²) in [5.41, 5.74) is 1.20. The van der Waals surface area contributed by atoms with Crippen molar-refractivity contribution in [1.29, 1.82) is 0 Å². The fraction of sp³-hybridized carbons (Fsp3) is 0.211. The van der Waals surface area contributed by atoms with Crippen molar-refractivity contribution in [2.75, 3.05) is 31.6 Å². The van der Waals surface area contributed by atoms with Crippen LogP contribution in [-0.2, 0) is 9.53 Å². The zero-order valence-electron chi connectivity index (χ0n) is 14.5. The lowest BCUT2D eigenvalue weighted by Crippen LogP contribution is -2.40. The summed E-state index contributed by atoms with van der Waals surface area (Å²) < 4.78 is 5.27. The first kappa shape index (κ1) is 19.2. The molecular formula is C19H19N3O3S2. The molecule has 0 atom stereocenters. The number of amides is 2. The first-order valence-corrected chi connectivity index (χ1v) is 9.71. The van der Waals surface area contributed by atoms with Gasteiger partial charge in [-0.3, -0.25) is 14.9 Å². The van der Waals surface area contributed by atoms with E-state index in [-0.39, 0.29) is 16.9 Å². The van der Waals surface area contributed by atoms with Gasteiger partial charge < -0.3 is 15.0 Å². The van der Waals surface area contributed by atoms with Crippen LogP contribution in [0.3, 0.4) is 0 Å². The number of nitrogens with one attached hydrogen (secondary N) is 2. The molecule has 6 nitrogen and oxygen atoms in total. The predicted molar refractivity (Wildman–Crippen MR) is 111 cm³/mol. The minimum atomic E-state index is -0.318. The highest BCUT2D eigenvalue weighted by molar-refractivity contribution is 7.80. The molecule has 140 valence electrons. The summed E-state index contributed by atoms with van der Waals surface area (Å²) in [5.74, 6) is -0.364. The van der Waals surface area contributed by atoms with Gasteiger partial charge in [-0.2, -0.15) is 0 Å². The molecule has 0 radical (unpaired) electrons. The van der Waals surface area contributed by atoms with Crippen LogP contribution < -0.4 is 10.6 Å². The Morgan fingerprint density at radius 1 is 1.19 bits per heavy atom. The molecule has 1 fully saturated rings. The first-order valence-electron chi connectivity index (χ1n) is 8.42. The molecule has 2 N–H and O–H groups in total. The minimum Gasteiger partial charge on any atom is -0.378 e. The Labute approximate surface area is 166 Å². The fourth-order valence-corrected chi connectivity index (χ4v) is 3.38. The Kier molecular flexibility index (Phi) is 6.69. The third-order valence-electron chi connectivity index (χ3n) is 3.84. The van der Waals surface area contributed by atoms with E-state index in [0.717, 1.165) is 4.88 Å². The summed E-state index contributed by atoms with van der Waals surface area (Å²) in [5, 5.41) is 7.64. The van der Waals surface area contributed by atoms with Crippen LogP contribution in [-0.4, -0.2) is 48.1 Å². The summed E-state index contributed by atoms with van der Waals surface area (Å²) >= 11 is 6.72. The molecule has 0 bridgehead atoms. The third-order valence-corrected chi connectivity index (χ3v) is 4.89. The highest BCUT2D eigenvalue weighted by Crippen LogP contribution is 2.14. The number of benzene rings is 1. The normalized spacial score (nSPS) is 14.1. The molecule has 1 aromatic carbocycles. The SMILES string of the molecule is O=C(/C=C/c1cccs1)NC(=S)Nc1cccc(C(=O)N2CCOCC2)c1. The van der Waals surface area contributed by atoms with E-state index in [9.17, 15) is 9.59 Å². The summed E-state index contributed by atoms with van der Waals surface area (Å²) in [6, 6.07) is 10.9. The average molecular weight is 402 g/mol. The maximum atomic E-state index is 12.5. The minimum absolute atomic E-state index is 0.0456. The van der Waals surface area contributed by atoms with Crippen molar-refractivity contribution in [3.8, 4) is 0 Å². The van der Waals surface area contributed by atoms with Crippen molar-refractivity contribution in [3.63, 3.8) is 0 Å². The number of rotatable bonds is 4. The molecule has 2 heterocycles. The number of anilines is 1. The molecule has 0 spiro atoms. The van der Waals surface area contributed by atoms with Gasteiger partial charge in [0.05, 0.1) is 13.2 Å². The lowest BCUT2D eigenvalue weighted by molar-refractivity contribution is -0.115. The van der Waals surface area contributed by atoms with Crippen LogP contribution in [0.25, 0.3) is 6.08 Å². The van der Waals surface area contributed by atoms with E-state index in [2.05, 4.69) is 10.6 Å². The molecule has 27 heavy (non-hydrogen) atoms. The summed E-state index contributed by atoms with van der Waals surface area (Å²) in [7, 11) is 0. The van der Waals surface area contributed by atoms with Gasteiger partial charge in [0.15, 0.2) is 5.11 Å². The van der Waals surface area contributed by atoms with E-state index in [0.29, 0.717) is 37.6 Å². The van der Waals surface area contributed by atoms with Crippen LogP contribution in [0, 0.1) is 0 Å². The first-order chi connectivity index (χ1) is 13.1. The molecule has 8 heteroatoms. The number of carbonyl (C=O) groups excluding carboxylic acids is 2. The fourth-order valence-electron chi connectivity index (χ4n) is 2.54. The van der Waals surface area contributed by atoms with E-state index in [1.54, 1.807) is 46.6 Å². The van der Waals surface area contributed by atoms with Crippen molar-refractivity contribution < 1.29 is 14.3 Å². The van der Waals surface area contributed by atoms with Crippen molar-refractivity contribution in [1.82, 2.24) is 10.2 Å². The second-order valence-electron chi connectivity index (χ2n) is 5.78. The van der Waals surface area contributed by atoms with Gasteiger partial charge in [0.25, 0.3) is 5.91 Å². The summed E-state index contributed by atoms with van der Waals surface area (Å²) in [6.07, 6.45) is 3.16. The Bertz CT molecular complexity index is 844. The van der Waals surface area contributed by atoms with Gasteiger partial charge >= 0.3 is 0 Å². The molecule has 3 rings (SSSR count). The van der Waals surface area contributed by atoms with Gasteiger partial charge in [-0.15, -0.1) is 11.3 Å². The quantitative estimate of drug-likeness (QED) is 0.609. The maximum absolute atomic E-state index is 12.5. The highest BCUT2D eigenvalue weighted by atomic mass is 32.1. The van der Waals surface area contributed by atoms with Gasteiger partial charge in [-0.25, -0.2) is 0 Å². The van der Waals surface area contributed by atoms with E-state index >= 15 is 0 Å². The van der Waals surface area contributed by atoms with Crippen LogP contribution in [0.2, 0.25) is 0 Å². The van der Waals surface area contributed by atoms with Crippen molar-refractivity contribution >= 4 is 52.2 Å². The molecule has 1 aromatic heterocycles. The zero-order chi connectivity index (χ0) is 19.1. The highest BCUT2D eigenvalue weighted by Gasteiger charge is 2.18. The number of ether oxygens (including phenoxy) is 1. The van der Waals surface area contributed by atoms with Gasteiger partial charge in [-0.1, -0.05) is 12.1 Å². The number of morpholine rings is 1. The largest absolute Gasteiger partial charge is 0.378 e. The van der Waals surface area contributed by atoms with E-state index in [1.165, 1.54) is 6.08 Å². The molecule has 0 unspecified atom stereocenters. The Morgan fingerprint density at radius 3 is 2.74 bits per heavy atom. The molecular weight excluding hydrogens is 382 g/mol. The van der Waals surface area contributed by atoms with Crippen LogP contribution >= 0.6 is 23.6 Å². The second-order valence-corrected chi connectivity index (χ2v) is 7.17. The maximum Gasteiger partial charge on any atom is 0.254 e. The van der Waals surface area contributed by atoms with Crippen molar-refractivity contribution in [2.45, 2.75) is 0 Å². The second kappa shape index (κ2) is 9.40. The van der Waals surface area contributed by atoms with Crippen LogP contribution in [0.15, 0.2) is 47.9 Å². The average Bonchev–Trinajstić information content (AvgIpc) is 3.20. The predicted octanol–water partition coefficient (Wildman–Crippen LogP) is 2.75. The standard InChI is InChI=1S/C19H19N3O3S2/c23-17(7-6-16-5-2-12-27-16)21-19(26)20-15-4-1-3-14(13-15)18(24)22-8-10-25-11-9-22/h1-7,12-13H,8-11H2,(H2,20,21,23,26)/b7-6+. The molecule has 1 aliphatic heterocycles. The van der Waals surface area contributed by atoms with E-state index in [4.69, 9.17) is 17.0 Å². The number of thiophene rings is 1. The number of thiocarbonyl (C=S) groups is 1. The summed E-state index contributed by atoms with van der Waals surface area (Å²) in [4.78, 5) is 27.2. The number of hydrogen-bond donors (Lipinski definition) is 2. The van der Waals surface area contributed by atoms with Crippen molar-refractivity contribution in [2.24, 2.45) is 0 Å².